The molecule has 1 unspecified atom stereocenters. The molecule has 0 amide bonds. The Morgan fingerprint density at radius 2 is 1.38 bits per heavy atom. The second-order valence-electron chi connectivity index (χ2n) is 7.51. The summed E-state index contributed by atoms with van der Waals surface area (Å²) in [6.07, 6.45) is 0. The molecular formula is C24H18Cl3SiZr. The molecule has 0 fully saturated rings. The zero-order valence-electron chi connectivity index (χ0n) is 15.8. The summed E-state index contributed by atoms with van der Waals surface area (Å²) in [6.45, 7) is 2.24. The van der Waals surface area contributed by atoms with E-state index in [9.17, 15) is 0 Å². The van der Waals surface area contributed by atoms with Crippen LogP contribution in [0.2, 0.25) is 6.04 Å². The summed E-state index contributed by atoms with van der Waals surface area (Å²) in [7, 11) is -1.79. The maximum absolute atomic E-state index is 7.04. The molecule has 6 rings (SSSR count). The average Bonchev–Trinajstić information content (AvgIpc) is 3.01. The van der Waals surface area contributed by atoms with Crippen LogP contribution in [0, 0.1) is 0 Å². The van der Waals surface area contributed by atoms with Crippen molar-refractivity contribution in [3.05, 3.63) is 89.5 Å². The second-order valence-corrected chi connectivity index (χ2v) is 12.8. The average molecular weight is 532 g/mol. The van der Waals surface area contributed by atoms with Crippen molar-refractivity contribution >= 4 is 39.6 Å². The molecule has 0 nitrogen and oxygen atoms in total. The Labute approximate surface area is 208 Å². The van der Waals surface area contributed by atoms with Crippen LogP contribution >= 0.6 is 11.1 Å². The fourth-order valence-electron chi connectivity index (χ4n) is 5.09. The number of rotatable bonds is 2. The van der Waals surface area contributed by atoms with Crippen LogP contribution in [0.15, 0.2) is 72.8 Å². The van der Waals surface area contributed by atoms with Gasteiger partial charge in [0.05, 0.1) is 0 Å². The Kier molecular flexibility index (Phi) is 6.37. The SMILES string of the molecule is CC[Si]1(Cl)c2[cH-]c3cccc(C4c5ccccc5-c5ccccc54)c3c21.[Cl-].[Cl-].[Zr+3]. The van der Waals surface area contributed by atoms with E-state index < -0.39 is 7.38 Å². The van der Waals surface area contributed by atoms with Crippen molar-refractivity contribution in [3.63, 3.8) is 0 Å². The molecule has 1 atom stereocenters. The number of hydrogen-bond acceptors (Lipinski definition) is 0. The summed E-state index contributed by atoms with van der Waals surface area (Å²) in [6, 6.07) is 28.0. The molecule has 1 aliphatic carbocycles. The second kappa shape index (κ2) is 8.06. The Balaban J connectivity index is 0.000000801. The third-order valence-electron chi connectivity index (χ3n) is 6.34. The fraction of sp³-hybridized carbons (Fsp3) is 0.125. The first kappa shape index (κ1) is 22.9. The number of halogens is 3. The molecule has 1 aliphatic heterocycles. The first-order chi connectivity index (χ1) is 12.7. The molecule has 1 radical (unpaired) electrons. The van der Waals surface area contributed by atoms with Crippen molar-refractivity contribution in [2.75, 3.05) is 0 Å². The predicted octanol–water partition coefficient (Wildman–Crippen LogP) is -0.643. The van der Waals surface area contributed by atoms with Gasteiger partial charge in [-0.15, -0.1) is 39.3 Å². The number of fused-ring (bicyclic) bond motifs is 6. The minimum atomic E-state index is -1.79. The van der Waals surface area contributed by atoms with E-state index in [4.69, 9.17) is 11.1 Å². The smallest absolute Gasteiger partial charge is 1.00 e. The van der Waals surface area contributed by atoms with Crippen LogP contribution in [0.3, 0.4) is 0 Å². The molecule has 5 heteroatoms. The Bertz CT molecular complexity index is 1170. The van der Waals surface area contributed by atoms with Gasteiger partial charge in [0.2, 0.25) is 0 Å². The van der Waals surface area contributed by atoms with Crippen LogP contribution in [-0.2, 0) is 26.2 Å². The third-order valence-corrected chi connectivity index (χ3v) is 11.6. The molecule has 29 heavy (non-hydrogen) atoms. The molecule has 4 aromatic rings. The van der Waals surface area contributed by atoms with Crippen molar-refractivity contribution in [1.29, 1.82) is 0 Å². The molecular weight excluding hydrogens is 514 g/mol. The van der Waals surface area contributed by atoms with Crippen molar-refractivity contribution < 1.29 is 51.0 Å². The van der Waals surface area contributed by atoms with Gasteiger partial charge in [-0.1, -0.05) is 67.1 Å². The molecule has 0 saturated carbocycles. The third kappa shape index (κ3) is 2.99. The van der Waals surface area contributed by atoms with E-state index in [0.717, 1.165) is 6.04 Å². The van der Waals surface area contributed by atoms with Gasteiger partial charge >= 0.3 is 26.2 Å². The van der Waals surface area contributed by atoms with Gasteiger partial charge in [0.1, 0.15) is 7.38 Å². The molecule has 1 heterocycles. The quantitative estimate of drug-likeness (QED) is 0.161. The van der Waals surface area contributed by atoms with Crippen molar-refractivity contribution in [2.45, 2.75) is 18.9 Å². The van der Waals surface area contributed by atoms with Gasteiger partial charge in [0.15, 0.2) is 0 Å². The molecule has 0 spiro atoms. The van der Waals surface area contributed by atoms with Crippen LogP contribution in [0.1, 0.15) is 29.5 Å². The van der Waals surface area contributed by atoms with Crippen LogP contribution in [0.5, 0.6) is 0 Å². The van der Waals surface area contributed by atoms with Gasteiger partial charge in [0.25, 0.3) is 0 Å². The molecule has 0 N–H and O–H groups in total. The molecule has 0 bridgehead atoms. The number of hydrogen-bond donors (Lipinski definition) is 0. The first-order valence-corrected chi connectivity index (χ1v) is 12.6. The number of benzene rings is 3. The van der Waals surface area contributed by atoms with Gasteiger partial charge in [-0.25, -0.2) is 0 Å². The van der Waals surface area contributed by atoms with E-state index in [1.807, 2.05) is 0 Å². The monoisotopic (exact) mass is 529 g/mol. The van der Waals surface area contributed by atoms with E-state index in [1.165, 1.54) is 49.0 Å². The zero-order chi connectivity index (χ0) is 17.5. The van der Waals surface area contributed by atoms with Crippen LogP contribution in [0.25, 0.3) is 21.9 Å². The first-order valence-electron chi connectivity index (χ1n) is 9.34. The standard InChI is InChI=1S/C24H18ClSi.2ClH.Zr/c1-2-26(25)21-14-15-8-7-13-20(22(15)24(21)26)23-18-11-5-3-9-16(18)17-10-4-6-12-19(17)23;;;/h3-14,23H,2H2,1H3;2*1H;/q-1;;;+3/p-2. The van der Waals surface area contributed by atoms with Crippen molar-refractivity contribution in [3.8, 4) is 11.1 Å². The summed E-state index contributed by atoms with van der Waals surface area (Å²) in [4.78, 5) is 0. The Hall–Kier alpha value is -0.760. The molecule has 0 aromatic heterocycles. The molecule has 4 aromatic carbocycles. The topological polar surface area (TPSA) is 0 Å². The van der Waals surface area contributed by atoms with Gasteiger partial charge in [-0.05, 0) is 28.3 Å². The van der Waals surface area contributed by atoms with E-state index in [0.29, 0.717) is 5.92 Å². The summed E-state index contributed by atoms with van der Waals surface area (Å²) in [5.74, 6) is 0.310. The van der Waals surface area contributed by atoms with Gasteiger partial charge in [-0.2, -0.15) is 11.1 Å². The maximum Gasteiger partial charge on any atom is 3.00 e. The summed E-state index contributed by atoms with van der Waals surface area (Å²) in [5.41, 5.74) is 7.04. The van der Waals surface area contributed by atoms with Crippen molar-refractivity contribution in [2.24, 2.45) is 0 Å². The minimum Gasteiger partial charge on any atom is -1.00 e. The normalized spacial score (nSPS) is 18.0. The molecule has 143 valence electrons. The van der Waals surface area contributed by atoms with Gasteiger partial charge < -0.3 is 24.8 Å². The molecule has 0 saturated heterocycles. The summed E-state index contributed by atoms with van der Waals surface area (Å²) < 4.78 is 0. The minimum absolute atomic E-state index is 0. The Morgan fingerprint density at radius 1 is 0.828 bits per heavy atom. The predicted molar refractivity (Wildman–Crippen MR) is 114 cm³/mol. The fourth-order valence-corrected chi connectivity index (χ4v) is 9.31. The molecule has 2 aliphatic rings. The largest absolute Gasteiger partial charge is 3.00 e. The Morgan fingerprint density at radius 3 is 1.97 bits per heavy atom. The van der Waals surface area contributed by atoms with Crippen LogP contribution < -0.4 is 35.2 Å². The van der Waals surface area contributed by atoms with Gasteiger partial charge in [0, 0.05) is 5.92 Å². The maximum atomic E-state index is 7.04. The summed E-state index contributed by atoms with van der Waals surface area (Å²) >= 11 is 7.04. The van der Waals surface area contributed by atoms with E-state index in [2.05, 4.69) is 79.7 Å². The zero-order valence-corrected chi connectivity index (χ0v) is 21.6. The van der Waals surface area contributed by atoms with Crippen LogP contribution in [0.4, 0.5) is 0 Å². The van der Waals surface area contributed by atoms with E-state index >= 15 is 0 Å². The summed E-state index contributed by atoms with van der Waals surface area (Å²) in [5, 5.41) is 5.80. The van der Waals surface area contributed by atoms with E-state index in [1.54, 1.807) is 0 Å². The van der Waals surface area contributed by atoms with Crippen LogP contribution in [-0.4, -0.2) is 7.38 Å². The van der Waals surface area contributed by atoms with Crippen molar-refractivity contribution in [1.82, 2.24) is 0 Å². The van der Waals surface area contributed by atoms with E-state index in [-0.39, 0.29) is 51.0 Å². The van der Waals surface area contributed by atoms with Gasteiger partial charge in [-0.3, -0.25) is 0 Å².